The summed E-state index contributed by atoms with van der Waals surface area (Å²) in [5, 5.41) is 9.87. The SMILES string of the molecule is Cn1cc(CC2CC(=O)NC2=O)nn1. The Kier molecular flexibility index (Phi) is 2.03. The van der Waals surface area contributed by atoms with Gasteiger partial charge < -0.3 is 0 Å². The highest BCUT2D eigenvalue weighted by Crippen LogP contribution is 2.15. The summed E-state index contributed by atoms with van der Waals surface area (Å²) >= 11 is 0. The molecule has 0 spiro atoms. The topological polar surface area (TPSA) is 76.9 Å². The van der Waals surface area contributed by atoms with Crippen molar-refractivity contribution in [3.8, 4) is 0 Å². The Hall–Kier alpha value is -1.72. The van der Waals surface area contributed by atoms with Crippen LogP contribution in [0.4, 0.5) is 0 Å². The Balaban J connectivity index is 2.05. The van der Waals surface area contributed by atoms with Crippen molar-refractivity contribution >= 4 is 11.8 Å². The van der Waals surface area contributed by atoms with Crippen molar-refractivity contribution in [1.29, 1.82) is 0 Å². The van der Waals surface area contributed by atoms with Crippen LogP contribution in [0.25, 0.3) is 0 Å². The fourth-order valence-electron chi connectivity index (χ4n) is 1.51. The summed E-state index contributed by atoms with van der Waals surface area (Å²) in [6.07, 6.45) is 2.48. The van der Waals surface area contributed by atoms with Gasteiger partial charge in [-0.15, -0.1) is 5.10 Å². The van der Waals surface area contributed by atoms with Crippen LogP contribution in [-0.2, 0) is 23.1 Å². The number of nitrogens with one attached hydrogen (secondary N) is 1. The van der Waals surface area contributed by atoms with Crippen molar-refractivity contribution in [2.45, 2.75) is 12.8 Å². The molecule has 0 bridgehead atoms. The van der Waals surface area contributed by atoms with Crippen molar-refractivity contribution in [1.82, 2.24) is 20.3 Å². The van der Waals surface area contributed by atoms with E-state index in [9.17, 15) is 9.59 Å². The Morgan fingerprint density at radius 2 is 2.43 bits per heavy atom. The lowest BCUT2D eigenvalue weighted by Crippen LogP contribution is -2.22. The smallest absolute Gasteiger partial charge is 0.230 e. The summed E-state index contributed by atoms with van der Waals surface area (Å²) in [6.45, 7) is 0. The van der Waals surface area contributed by atoms with Gasteiger partial charge in [0.2, 0.25) is 11.8 Å². The highest BCUT2D eigenvalue weighted by molar-refractivity contribution is 6.03. The van der Waals surface area contributed by atoms with E-state index in [0.29, 0.717) is 6.42 Å². The average Bonchev–Trinajstić information content (AvgIpc) is 2.61. The second kappa shape index (κ2) is 3.21. The molecule has 14 heavy (non-hydrogen) atoms. The van der Waals surface area contributed by atoms with Gasteiger partial charge in [-0.25, -0.2) is 0 Å². The maximum atomic E-state index is 11.2. The highest BCUT2D eigenvalue weighted by Gasteiger charge is 2.30. The van der Waals surface area contributed by atoms with E-state index in [-0.39, 0.29) is 24.2 Å². The molecule has 1 unspecified atom stereocenters. The van der Waals surface area contributed by atoms with Crippen LogP contribution in [0.3, 0.4) is 0 Å². The lowest BCUT2D eigenvalue weighted by Gasteiger charge is -2.00. The van der Waals surface area contributed by atoms with E-state index in [1.165, 1.54) is 0 Å². The normalized spacial score (nSPS) is 21.4. The first kappa shape index (κ1) is 8.86. The van der Waals surface area contributed by atoms with Gasteiger partial charge >= 0.3 is 0 Å². The van der Waals surface area contributed by atoms with Crippen molar-refractivity contribution in [3.63, 3.8) is 0 Å². The first-order valence-corrected chi connectivity index (χ1v) is 4.34. The third-order valence-electron chi connectivity index (χ3n) is 2.17. The molecule has 0 aliphatic carbocycles. The quantitative estimate of drug-likeness (QED) is 0.614. The number of nitrogens with zero attached hydrogens (tertiary/aromatic N) is 3. The minimum absolute atomic E-state index is 0.205. The van der Waals surface area contributed by atoms with E-state index in [1.54, 1.807) is 17.9 Å². The first-order valence-electron chi connectivity index (χ1n) is 4.34. The Morgan fingerprint density at radius 3 is 2.93 bits per heavy atom. The Morgan fingerprint density at radius 1 is 1.64 bits per heavy atom. The number of hydrogen-bond donors (Lipinski definition) is 1. The molecule has 2 rings (SSSR count). The number of imide groups is 1. The minimum atomic E-state index is -0.279. The van der Waals surface area contributed by atoms with E-state index in [0.717, 1.165) is 5.69 Å². The zero-order valence-corrected chi connectivity index (χ0v) is 7.73. The van der Waals surface area contributed by atoms with Gasteiger partial charge in [-0.2, -0.15) is 0 Å². The molecule has 0 saturated carbocycles. The van der Waals surface area contributed by atoms with Crippen molar-refractivity contribution in [2.75, 3.05) is 0 Å². The largest absolute Gasteiger partial charge is 0.296 e. The zero-order chi connectivity index (χ0) is 10.1. The summed E-state index contributed by atoms with van der Waals surface area (Å²) in [4.78, 5) is 22.1. The minimum Gasteiger partial charge on any atom is -0.296 e. The molecule has 1 fully saturated rings. The monoisotopic (exact) mass is 194 g/mol. The van der Waals surface area contributed by atoms with Gasteiger partial charge in [-0.1, -0.05) is 5.21 Å². The van der Waals surface area contributed by atoms with Crippen LogP contribution in [0.15, 0.2) is 6.20 Å². The van der Waals surface area contributed by atoms with Crippen LogP contribution in [0.1, 0.15) is 12.1 Å². The van der Waals surface area contributed by atoms with E-state index in [4.69, 9.17) is 0 Å². The number of aryl methyl sites for hydroxylation is 1. The van der Waals surface area contributed by atoms with Crippen LogP contribution in [0.5, 0.6) is 0 Å². The summed E-state index contributed by atoms with van der Waals surface area (Å²) in [5.41, 5.74) is 0.738. The standard InChI is InChI=1S/C8H10N4O2/c1-12-4-6(10-11-12)2-5-3-7(13)9-8(5)14/h4-5H,2-3H2,1H3,(H,9,13,14). The molecule has 1 aromatic rings. The summed E-state index contributed by atoms with van der Waals surface area (Å²) in [7, 11) is 1.76. The molecule has 2 amide bonds. The molecule has 0 radical (unpaired) electrons. The fraction of sp³-hybridized carbons (Fsp3) is 0.500. The van der Waals surface area contributed by atoms with Gasteiger partial charge in [0.15, 0.2) is 0 Å². The zero-order valence-electron chi connectivity index (χ0n) is 7.73. The van der Waals surface area contributed by atoms with Crippen molar-refractivity contribution in [3.05, 3.63) is 11.9 Å². The second-order valence-electron chi connectivity index (χ2n) is 3.40. The van der Waals surface area contributed by atoms with Gasteiger partial charge in [-0.05, 0) is 0 Å². The molecule has 0 aromatic carbocycles. The third kappa shape index (κ3) is 1.63. The van der Waals surface area contributed by atoms with Crippen LogP contribution in [-0.4, -0.2) is 26.8 Å². The van der Waals surface area contributed by atoms with Crippen LogP contribution < -0.4 is 5.32 Å². The van der Waals surface area contributed by atoms with E-state index >= 15 is 0 Å². The molecule has 1 atom stereocenters. The molecule has 1 aromatic heterocycles. The molecule has 2 heterocycles. The number of amides is 2. The average molecular weight is 194 g/mol. The molecule has 6 heteroatoms. The fourth-order valence-corrected chi connectivity index (χ4v) is 1.51. The van der Waals surface area contributed by atoms with E-state index in [1.807, 2.05) is 0 Å². The van der Waals surface area contributed by atoms with E-state index in [2.05, 4.69) is 15.6 Å². The molecular weight excluding hydrogens is 184 g/mol. The molecule has 1 saturated heterocycles. The summed E-state index contributed by atoms with van der Waals surface area (Å²) in [6, 6.07) is 0. The van der Waals surface area contributed by atoms with Gasteiger partial charge in [0, 0.05) is 26.1 Å². The summed E-state index contributed by atoms with van der Waals surface area (Å²) < 4.78 is 1.57. The molecule has 74 valence electrons. The van der Waals surface area contributed by atoms with Gasteiger partial charge in [0.05, 0.1) is 11.6 Å². The molecule has 1 aliphatic rings. The first-order chi connectivity index (χ1) is 6.65. The van der Waals surface area contributed by atoms with Crippen LogP contribution in [0, 0.1) is 5.92 Å². The molecular formula is C8H10N4O2. The third-order valence-corrected chi connectivity index (χ3v) is 2.17. The summed E-state index contributed by atoms with van der Waals surface area (Å²) in [5.74, 6) is -0.691. The molecule has 1 aliphatic heterocycles. The highest BCUT2D eigenvalue weighted by atomic mass is 16.2. The van der Waals surface area contributed by atoms with Crippen molar-refractivity contribution < 1.29 is 9.59 Å². The lowest BCUT2D eigenvalue weighted by atomic mass is 10.0. The second-order valence-corrected chi connectivity index (χ2v) is 3.40. The van der Waals surface area contributed by atoms with Gasteiger partial charge in [0.25, 0.3) is 0 Å². The number of carbonyl (C=O) groups excluding carboxylic acids is 2. The van der Waals surface area contributed by atoms with Crippen molar-refractivity contribution in [2.24, 2.45) is 13.0 Å². The number of aromatic nitrogens is 3. The number of rotatable bonds is 2. The number of hydrogen-bond acceptors (Lipinski definition) is 4. The molecule has 6 nitrogen and oxygen atoms in total. The molecule has 1 N–H and O–H groups in total. The van der Waals surface area contributed by atoms with Crippen LogP contribution >= 0.6 is 0 Å². The lowest BCUT2D eigenvalue weighted by molar-refractivity contribution is -0.125. The van der Waals surface area contributed by atoms with E-state index < -0.39 is 0 Å². The number of carbonyl (C=O) groups is 2. The van der Waals surface area contributed by atoms with Gasteiger partial charge in [-0.3, -0.25) is 19.6 Å². The van der Waals surface area contributed by atoms with Gasteiger partial charge in [0.1, 0.15) is 0 Å². The maximum absolute atomic E-state index is 11.2. The Bertz CT molecular complexity index is 384. The Labute approximate surface area is 80.3 Å². The predicted octanol–water partition coefficient (Wildman–Crippen LogP) is -0.980. The predicted molar refractivity (Wildman–Crippen MR) is 46.0 cm³/mol. The maximum Gasteiger partial charge on any atom is 0.230 e. The van der Waals surface area contributed by atoms with Crippen LogP contribution in [0.2, 0.25) is 0 Å².